The number of hydrogen-bond acceptors (Lipinski definition) is 5. The van der Waals surface area contributed by atoms with Gasteiger partial charge in [-0.05, 0) is 20.8 Å². The van der Waals surface area contributed by atoms with Gasteiger partial charge in [0.2, 0.25) is 5.91 Å². The van der Waals surface area contributed by atoms with Crippen LogP contribution in [-0.2, 0) is 11.3 Å². The topological polar surface area (TPSA) is 86.0 Å². The molecule has 1 aromatic rings. The summed E-state index contributed by atoms with van der Waals surface area (Å²) in [6.07, 6.45) is 1.60. The molecule has 0 saturated carbocycles. The van der Waals surface area contributed by atoms with Crippen molar-refractivity contribution >= 4 is 35.8 Å². The van der Waals surface area contributed by atoms with Gasteiger partial charge in [0.15, 0.2) is 5.96 Å². The fraction of sp³-hybridized carbons (Fsp3) is 0.706. The summed E-state index contributed by atoms with van der Waals surface area (Å²) in [7, 11) is 1.78. The molecule has 2 rings (SSSR count). The summed E-state index contributed by atoms with van der Waals surface area (Å²) in [5, 5.41) is 10.2. The van der Waals surface area contributed by atoms with Gasteiger partial charge in [0.25, 0.3) is 0 Å². The molecule has 1 fully saturated rings. The number of aliphatic imine (C=N–C) groups is 1. The van der Waals surface area contributed by atoms with E-state index in [1.165, 1.54) is 0 Å². The van der Waals surface area contributed by atoms with Crippen LogP contribution in [0.5, 0.6) is 0 Å². The van der Waals surface area contributed by atoms with E-state index < -0.39 is 5.41 Å². The molecule has 0 atom stereocenters. The summed E-state index contributed by atoms with van der Waals surface area (Å²) < 4.78 is 4.88. The minimum atomic E-state index is -0.485. The SMILES string of the molecule is CCNC(=O)C(C)(C)CNC(=NC)N1CCN(Cc2ccon2)CC1.I. The number of rotatable bonds is 6. The van der Waals surface area contributed by atoms with Crippen LogP contribution in [0.2, 0.25) is 0 Å². The highest BCUT2D eigenvalue weighted by Gasteiger charge is 2.28. The summed E-state index contributed by atoms with van der Waals surface area (Å²) >= 11 is 0. The predicted molar refractivity (Wildman–Crippen MR) is 113 cm³/mol. The molecule has 2 heterocycles. The van der Waals surface area contributed by atoms with Crippen molar-refractivity contribution in [3.05, 3.63) is 18.0 Å². The monoisotopic (exact) mass is 478 g/mol. The Kier molecular flexibility index (Phi) is 9.34. The van der Waals surface area contributed by atoms with Crippen LogP contribution >= 0.6 is 24.0 Å². The number of hydrogen-bond donors (Lipinski definition) is 2. The van der Waals surface area contributed by atoms with Gasteiger partial charge in [0.05, 0.1) is 11.1 Å². The lowest BCUT2D eigenvalue weighted by Crippen LogP contribution is -2.54. The molecule has 9 heteroatoms. The molecule has 0 radical (unpaired) electrons. The molecule has 1 saturated heterocycles. The number of piperazine rings is 1. The molecule has 0 bridgehead atoms. The highest BCUT2D eigenvalue weighted by atomic mass is 127. The summed E-state index contributed by atoms with van der Waals surface area (Å²) in [4.78, 5) is 21.1. The van der Waals surface area contributed by atoms with E-state index in [9.17, 15) is 4.79 Å². The molecule has 148 valence electrons. The van der Waals surface area contributed by atoms with Crippen molar-refractivity contribution in [1.29, 1.82) is 0 Å². The van der Waals surface area contributed by atoms with E-state index in [0.717, 1.165) is 44.4 Å². The van der Waals surface area contributed by atoms with Gasteiger partial charge < -0.3 is 20.1 Å². The minimum absolute atomic E-state index is 0. The molecule has 0 unspecified atom stereocenters. The van der Waals surface area contributed by atoms with Gasteiger partial charge in [-0.2, -0.15) is 0 Å². The molecule has 1 amide bonds. The molecule has 8 nitrogen and oxygen atoms in total. The zero-order valence-electron chi connectivity index (χ0n) is 16.1. The first kappa shape index (κ1) is 22.7. The van der Waals surface area contributed by atoms with Crippen molar-refractivity contribution in [2.45, 2.75) is 27.3 Å². The first-order valence-corrected chi connectivity index (χ1v) is 8.81. The van der Waals surface area contributed by atoms with E-state index in [-0.39, 0.29) is 29.9 Å². The Hall–Kier alpha value is -1.36. The number of amides is 1. The highest BCUT2D eigenvalue weighted by Crippen LogP contribution is 2.14. The first-order valence-electron chi connectivity index (χ1n) is 8.81. The van der Waals surface area contributed by atoms with Gasteiger partial charge in [-0.3, -0.25) is 14.7 Å². The van der Waals surface area contributed by atoms with Crippen molar-refractivity contribution in [2.24, 2.45) is 10.4 Å². The third kappa shape index (κ3) is 6.42. The van der Waals surface area contributed by atoms with Crippen molar-refractivity contribution in [3.8, 4) is 0 Å². The second kappa shape index (κ2) is 10.7. The average molecular weight is 478 g/mol. The van der Waals surface area contributed by atoms with E-state index in [1.807, 2.05) is 26.8 Å². The minimum Gasteiger partial charge on any atom is -0.364 e. The number of halogens is 1. The van der Waals surface area contributed by atoms with Gasteiger partial charge in [-0.25, -0.2) is 0 Å². The van der Waals surface area contributed by atoms with E-state index in [1.54, 1.807) is 13.3 Å². The lowest BCUT2D eigenvalue weighted by atomic mass is 9.92. The number of carbonyl (C=O) groups is 1. The second-order valence-corrected chi connectivity index (χ2v) is 6.90. The van der Waals surface area contributed by atoms with Crippen LogP contribution in [0.3, 0.4) is 0 Å². The molecule has 2 N–H and O–H groups in total. The highest BCUT2D eigenvalue weighted by molar-refractivity contribution is 14.0. The van der Waals surface area contributed by atoms with Crippen LogP contribution in [0.25, 0.3) is 0 Å². The molecular formula is C17H31IN6O2. The van der Waals surface area contributed by atoms with Crippen LogP contribution in [0.15, 0.2) is 21.8 Å². The number of carbonyl (C=O) groups excluding carboxylic acids is 1. The van der Waals surface area contributed by atoms with Crippen LogP contribution in [0.4, 0.5) is 0 Å². The summed E-state index contributed by atoms with van der Waals surface area (Å²) in [6, 6.07) is 1.90. The van der Waals surface area contributed by atoms with Gasteiger partial charge in [0.1, 0.15) is 6.26 Å². The van der Waals surface area contributed by atoms with E-state index in [4.69, 9.17) is 4.52 Å². The molecule has 0 aromatic carbocycles. The van der Waals surface area contributed by atoms with Crippen LogP contribution < -0.4 is 10.6 Å². The van der Waals surface area contributed by atoms with Crippen LogP contribution in [0, 0.1) is 5.41 Å². The Morgan fingerprint density at radius 2 is 2.00 bits per heavy atom. The van der Waals surface area contributed by atoms with Gasteiger partial charge in [-0.1, -0.05) is 5.16 Å². The third-order valence-electron chi connectivity index (χ3n) is 4.40. The van der Waals surface area contributed by atoms with E-state index in [2.05, 4.69) is 30.6 Å². The Labute approximate surface area is 172 Å². The summed E-state index contributed by atoms with van der Waals surface area (Å²) in [5.41, 5.74) is 0.473. The van der Waals surface area contributed by atoms with E-state index in [0.29, 0.717) is 13.1 Å². The number of nitrogens with one attached hydrogen (secondary N) is 2. The molecule has 1 aromatic heterocycles. The first-order chi connectivity index (χ1) is 12.0. The van der Waals surface area contributed by atoms with Crippen molar-refractivity contribution in [1.82, 2.24) is 25.6 Å². The number of nitrogens with zero attached hydrogens (tertiary/aromatic N) is 4. The summed E-state index contributed by atoms with van der Waals surface area (Å²) in [6.45, 7) is 11.5. The van der Waals surface area contributed by atoms with Gasteiger partial charge >= 0.3 is 0 Å². The standard InChI is InChI=1S/C17H30N6O2.HI/c1-5-19-15(24)17(2,3)13-20-16(18-4)23-9-7-22(8-10-23)12-14-6-11-25-21-14;/h6,11H,5,7-10,12-13H2,1-4H3,(H,18,20)(H,19,24);1H. The average Bonchev–Trinajstić information content (AvgIpc) is 3.10. The predicted octanol–water partition coefficient (Wildman–Crippen LogP) is 1.15. The Morgan fingerprint density at radius 3 is 2.54 bits per heavy atom. The van der Waals surface area contributed by atoms with E-state index >= 15 is 0 Å². The van der Waals surface area contributed by atoms with Crippen LogP contribution in [-0.4, -0.2) is 73.1 Å². The molecule has 1 aliphatic heterocycles. The third-order valence-corrected chi connectivity index (χ3v) is 4.40. The van der Waals surface area contributed by atoms with Crippen molar-refractivity contribution < 1.29 is 9.32 Å². The lowest BCUT2D eigenvalue weighted by molar-refractivity contribution is -0.128. The fourth-order valence-electron chi connectivity index (χ4n) is 2.78. The molecule has 0 aliphatic carbocycles. The Morgan fingerprint density at radius 1 is 1.31 bits per heavy atom. The van der Waals surface area contributed by atoms with Crippen molar-refractivity contribution in [3.63, 3.8) is 0 Å². The molecule has 26 heavy (non-hydrogen) atoms. The Balaban J connectivity index is 0.00000338. The van der Waals surface area contributed by atoms with Gasteiger partial charge in [0, 0.05) is 58.9 Å². The zero-order chi connectivity index (χ0) is 18.3. The van der Waals surface area contributed by atoms with Gasteiger partial charge in [-0.15, -0.1) is 24.0 Å². The lowest BCUT2D eigenvalue weighted by Gasteiger charge is -2.37. The zero-order valence-corrected chi connectivity index (χ0v) is 18.4. The normalized spacial score (nSPS) is 16.2. The van der Waals surface area contributed by atoms with Crippen LogP contribution in [0.1, 0.15) is 26.5 Å². The molecular weight excluding hydrogens is 447 g/mol. The number of guanidine groups is 1. The maximum Gasteiger partial charge on any atom is 0.227 e. The molecule has 1 aliphatic rings. The molecule has 0 spiro atoms. The maximum absolute atomic E-state index is 12.1. The maximum atomic E-state index is 12.1. The second-order valence-electron chi connectivity index (χ2n) is 6.90. The number of aromatic nitrogens is 1. The summed E-state index contributed by atoms with van der Waals surface area (Å²) in [5.74, 6) is 0.897. The van der Waals surface area contributed by atoms with Crippen molar-refractivity contribution in [2.75, 3.05) is 46.3 Å². The largest absolute Gasteiger partial charge is 0.364 e. The fourth-order valence-corrected chi connectivity index (χ4v) is 2.78. The quantitative estimate of drug-likeness (QED) is 0.363. The Bertz CT molecular complexity index is 568. The smallest absolute Gasteiger partial charge is 0.227 e.